The molecule has 1 aliphatic carbocycles. The summed E-state index contributed by atoms with van der Waals surface area (Å²) >= 11 is 0. The third kappa shape index (κ3) is 3.27. The number of rotatable bonds is 6. The van der Waals surface area contributed by atoms with E-state index in [1.807, 2.05) is 6.92 Å². The van der Waals surface area contributed by atoms with Gasteiger partial charge in [0, 0.05) is 13.7 Å². The van der Waals surface area contributed by atoms with Crippen molar-refractivity contribution in [3.8, 4) is 0 Å². The van der Waals surface area contributed by atoms with Crippen LogP contribution in [-0.2, 0) is 14.3 Å². The normalized spacial score (nSPS) is 20.2. The molecule has 0 spiro atoms. The van der Waals surface area contributed by atoms with Gasteiger partial charge in [-0.15, -0.1) is 0 Å². The van der Waals surface area contributed by atoms with Crippen LogP contribution in [-0.4, -0.2) is 38.9 Å². The fourth-order valence-electron chi connectivity index (χ4n) is 1.38. The molecule has 1 aliphatic rings. The molecule has 0 aromatic carbocycles. The van der Waals surface area contributed by atoms with Gasteiger partial charge in [0.2, 0.25) is 0 Å². The topological polar surface area (TPSA) is 47.6 Å². The molecule has 0 heterocycles. The molecule has 0 saturated heterocycles. The lowest BCUT2D eigenvalue weighted by atomic mass is 10.2. The Hall–Kier alpha value is -0.610. The maximum Gasteiger partial charge on any atom is 0.323 e. The summed E-state index contributed by atoms with van der Waals surface area (Å²) in [6, 6.07) is -0.141. The Kier molecular flexibility index (Phi) is 4.35. The lowest BCUT2D eigenvalue weighted by molar-refractivity contribution is -0.143. The molecule has 4 heteroatoms. The first-order chi connectivity index (χ1) is 6.69. The second-order valence-corrected chi connectivity index (χ2v) is 3.79. The number of hydrogen-bond acceptors (Lipinski definition) is 4. The van der Waals surface area contributed by atoms with Gasteiger partial charge in [0.05, 0.1) is 13.2 Å². The van der Waals surface area contributed by atoms with Crippen molar-refractivity contribution < 1.29 is 14.3 Å². The standard InChI is InChI=1S/C10H19NO3/c1-7(13-2)6-11-9(8-4-5-8)10(12)14-3/h7-9,11H,4-6H2,1-3H3. The van der Waals surface area contributed by atoms with E-state index in [0.29, 0.717) is 12.5 Å². The third-order valence-electron chi connectivity index (χ3n) is 2.58. The Bertz CT molecular complexity index is 192. The molecular formula is C10H19NO3. The van der Waals surface area contributed by atoms with Gasteiger partial charge in [-0.25, -0.2) is 0 Å². The molecule has 82 valence electrons. The van der Waals surface area contributed by atoms with Crippen LogP contribution in [0.25, 0.3) is 0 Å². The molecule has 0 aliphatic heterocycles. The van der Waals surface area contributed by atoms with E-state index in [2.05, 4.69) is 5.32 Å². The van der Waals surface area contributed by atoms with Crippen LogP contribution in [0.2, 0.25) is 0 Å². The van der Waals surface area contributed by atoms with Crippen molar-refractivity contribution in [3.63, 3.8) is 0 Å². The minimum absolute atomic E-state index is 0.126. The van der Waals surface area contributed by atoms with E-state index in [4.69, 9.17) is 9.47 Å². The molecule has 0 amide bonds. The predicted molar refractivity (Wildman–Crippen MR) is 53.0 cm³/mol. The number of carbonyl (C=O) groups excluding carboxylic acids is 1. The van der Waals surface area contributed by atoms with Gasteiger partial charge in [-0.2, -0.15) is 0 Å². The first-order valence-electron chi connectivity index (χ1n) is 5.03. The number of hydrogen-bond donors (Lipinski definition) is 1. The fraction of sp³-hybridized carbons (Fsp3) is 0.900. The molecule has 0 aromatic rings. The van der Waals surface area contributed by atoms with Gasteiger partial charge in [0.15, 0.2) is 0 Å². The lowest BCUT2D eigenvalue weighted by Gasteiger charge is -2.18. The molecule has 0 aromatic heterocycles. The zero-order valence-electron chi connectivity index (χ0n) is 9.08. The van der Waals surface area contributed by atoms with Crippen LogP contribution < -0.4 is 5.32 Å². The Morgan fingerprint density at radius 2 is 2.14 bits per heavy atom. The van der Waals surface area contributed by atoms with Crippen molar-refractivity contribution in [1.29, 1.82) is 0 Å². The van der Waals surface area contributed by atoms with Gasteiger partial charge >= 0.3 is 5.97 Å². The summed E-state index contributed by atoms with van der Waals surface area (Å²) in [7, 11) is 3.09. The minimum atomic E-state index is -0.157. The highest BCUT2D eigenvalue weighted by Gasteiger charge is 2.36. The summed E-state index contributed by atoms with van der Waals surface area (Å²) < 4.78 is 9.84. The van der Waals surface area contributed by atoms with Gasteiger partial charge in [0.25, 0.3) is 0 Å². The smallest absolute Gasteiger partial charge is 0.323 e. The van der Waals surface area contributed by atoms with Crippen LogP contribution in [0.4, 0.5) is 0 Å². The number of nitrogens with one attached hydrogen (secondary N) is 1. The molecule has 0 radical (unpaired) electrons. The average molecular weight is 201 g/mol. The maximum absolute atomic E-state index is 11.4. The van der Waals surface area contributed by atoms with E-state index in [1.165, 1.54) is 7.11 Å². The second kappa shape index (κ2) is 5.32. The Morgan fingerprint density at radius 1 is 1.50 bits per heavy atom. The molecule has 2 atom stereocenters. The van der Waals surface area contributed by atoms with Crippen LogP contribution in [0.3, 0.4) is 0 Å². The van der Waals surface area contributed by atoms with Crippen molar-refractivity contribution in [1.82, 2.24) is 5.32 Å². The van der Waals surface area contributed by atoms with Crippen molar-refractivity contribution in [3.05, 3.63) is 0 Å². The lowest BCUT2D eigenvalue weighted by Crippen LogP contribution is -2.42. The Morgan fingerprint density at radius 3 is 2.57 bits per heavy atom. The highest BCUT2D eigenvalue weighted by molar-refractivity contribution is 5.76. The summed E-state index contributed by atoms with van der Waals surface area (Å²) in [4.78, 5) is 11.4. The van der Waals surface area contributed by atoms with Crippen LogP contribution in [0.1, 0.15) is 19.8 Å². The second-order valence-electron chi connectivity index (χ2n) is 3.79. The fourth-order valence-corrected chi connectivity index (χ4v) is 1.38. The third-order valence-corrected chi connectivity index (χ3v) is 2.58. The summed E-state index contributed by atoms with van der Waals surface area (Å²) in [5, 5.41) is 3.18. The van der Waals surface area contributed by atoms with Gasteiger partial charge in [-0.3, -0.25) is 4.79 Å². The number of ether oxygens (including phenoxy) is 2. The van der Waals surface area contributed by atoms with Gasteiger partial charge in [-0.05, 0) is 25.7 Å². The molecule has 1 rings (SSSR count). The van der Waals surface area contributed by atoms with Gasteiger partial charge in [0.1, 0.15) is 6.04 Å². The largest absolute Gasteiger partial charge is 0.468 e. The van der Waals surface area contributed by atoms with Gasteiger partial charge in [-0.1, -0.05) is 0 Å². The van der Waals surface area contributed by atoms with Crippen LogP contribution >= 0.6 is 0 Å². The molecule has 14 heavy (non-hydrogen) atoms. The molecule has 1 saturated carbocycles. The van der Waals surface area contributed by atoms with Crippen molar-refractivity contribution in [2.75, 3.05) is 20.8 Å². The number of methoxy groups -OCH3 is 2. The zero-order valence-corrected chi connectivity index (χ0v) is 9.08. The van der Waals surface area contributed by atoms with Crippen LogP contribution in [0.5, 0.6) is 0 Å². The first kappa shape index (κ1) is 11.5. The molecule has 2 unspecified atom stereocenters. The summed E-state index contributed by atoms with van der Waals surface area (Å²) in [5.74, 6) is 0.308. The summed E-state index contributed by atoms with van der Waals surface area (Å²) in [6.45, 7) is 2.65. The molecule has 4 nitrogen and oxygen atoms in total. The van der Waals surface area contributed by atoms with E-state index in [1.54, 1.807) is 7.11 Å². The number of esters is 1. The SMILES string of the molecule is COC(=O)C(NCC(C)OC)C1CC1. The van der Waals surface area contributed by atoms with E-state index < -0.39 is 0 Å². The molecule has 0 bridgehead atoms. The highest BCUT2D eigenvalue weighted by Crippen LogP contribution is 2.33. The van der Waals surface area contributed by atoms with Gasteiger partial charge < -0.3 is 14.8 Å². The highest BCUT2D eigenvalue weighted by atomic mass is 16.5. The monoisotopic (exact) mass is 201 g/mol. The van der Waals surface area contributed by atoms with Crippen LogP contribution in [0.15, 0.2) is 0 Å². The van der Waals surface area contributed by atoms with Crippen molar-refractivity contribution >= 4 is 5.97 Å². The Labute approximate surface area is 85.0 Å². The van der Waals surface area contributed by atoms with Crippen molar-refractivity contribution in [2.45, 2.75) is 31.9 Å². The van der Waals surface area contributed by atoms with E-state index >= 15 is 0 Å². The van der Waals surface area contributed by atoms with Crippen LogP contribution in [0, 0.1) is 5.92 Å². The quantitative estimate of drug-likeness (QED) is 0.638. The average Bonchev–Trinajstić information content (AvgIpc) is 3.01. The van der Waals surface area contributed by atoms with E-state index in [9.17, 15) is 4.79 Å². The van der Waals surface area contributed by atoms with Crippen molar-refractivity contribution in [2.24, 2.45) is 5.92 Å². The molecular weight excluding hydrogens is 182 g/mol. The van der Waals surface area contributed by atoms with E-state index in [-0.39, 0.29) is 18.1 Å². The zero-order chi connectivity index (χ0) is 10.6. The molecule has 1 N–H and O–H groups in total. The predicted octanol–water partition coefficient (Wildman–Crippen LogP) is 0.562. The summed E-state index contributed by atoms with van der Waals surface area (Å²) in [6.07, 6.45) is 2.36. The summed E-state index contributed by atoms with van der Waals surface area (Å²) in [5.41, 5.74) is 0. The maximum atomic E-state index is 11.4. The molecule has 1 fully saturated rings. The minimum Gasteiger partial charge on any atom is -0.468 e. The van der Waals surface area contributed by atoms with E-state index in [0.717, 1.165) is 12.8 Å². The Balaban J connectivity index is 2.32. The number of carbonyl (C=O) groups is 1. The first-order valence-corrected chi connectivity index (χ1v) is 5.03.